The van der Waals surface area contributed by atoms with E-state index >= 15 is 0 Å². The Balaban J connectivity index is 1.66. The quantitative estimate of drug-likeness (QED) is 0.0576. The number of anilines is 1. The predicted molar refractivity (Wildman–Crippen MR) is 128 cm³/mol. The van der Waals surface area contributed by atoms with Gasteiger partial charge in [0.25, 0.3) is 11.8 Å². The maximum atomic E-state index is 12.9. The third-order valence-electron chi connectivity index (χ3n) is 4.65. The van der Waals surface area contributed by atoms with Crippen molar-refractivity contribution in [2.24, 2.45) is 10.9 Å². The number of hydrogen-bond acceptors (Lipinski definition) is 14. The summed E-state index contributed by atoms with van der Waals surface area (Å²) in [6.07, 6.45) is 0. The van der Waals surface area contributed by atoms with E-state index in [1.807, 2.05) is 0 Å². The molecule has 3 rings (SSSR count). The molecule has 16 nitrogen and oxygen atoms in total. The minimum Gasteiger partial charge on any atom is -0.473 e. The molecule has 0 bridgehead atoms. The Hall–Kier alpha value is -3.39. The second-order valence-electron chi connectivity index (χ2n) is 7.68. The van der Waals surface area contributed by atoms with Crippen molar-refractivity contribution in [3.63, 3.8) is 0 Å². The maximum Gasteiger partial charge on any atom is 0.418 e. The molecule has 2 aromatic heterocycles. The Bertz CT molecular complexity index is 1320. The molecule has 0 aliphatic carbocycles. The van der Waals surface area contributed by atoms with Gasteiger partial charge in [0.2, 0.25) is 5.88 Å². The van der Waals surface area contributed by atoms with Crippen LogP contribution in [-0.4, -0.2) is 76.2 Å². The predicted octanol–water partition coefficient (Wildman–Crippen LogP) is -0.586. The molecular formula is C17H22N8O8S3. The minimum atomic E-state index is -4.95. The van der Waals surface area contributed by atoms with Crippen LogP contribution >= 0.6 is 22.7 Å². The van der Waals surface area contributed by atoms with E-state index < -0.39 is 33.8 Å². The number of carbonyl (C=O) groups excluding carboxylic acids is 2. The van der Waals surface area contributed by atoms with Crippen molar-refractivity contribution >= 4 is 61.6 Å². The van der Waals surface area contributed by atoms with E-state index in [0.717, 1.165) is 11.3 Å². The second-order valence-corrected chi connectivity index (χ2v) is 10.8. The van der Waals surface area contributed by atoms with E-state index in [4.69, 9.17) is 31.0 Å². The van der Waals surface area contributed by atoms with Gasteiger partial charge in [0.1, 0.15) is 18.3 Å². The average molecular weight is 563 g/mol. The highest BCUT2D eigenvalue weighted by molar-refractivity contribution is 7.80. The Labute approximate surface area is 212 Å². The van der Waals surface area contributed by atoms with Gasteiger partial charge in [-0.05, 0) is 20.8 Å². The number of aryl methyl sites for hydroxylation is 1. The summed E-state index contributed by atoms with van der Waals surface area (Å²) in [5.41, 5.74) is 9.51. The van der Waals surface area contributed by atoms with E-state index in [9.17, 15) is 18.0 Å². The number of hydrogen-bond donors (Lipinski definition) is 5. The summed E-state index contributed by atoms with van der Waals surface area (Å²) < 4.78 is 40.5. The van der Waals surface area contributed by atoms with Crippen LogP contribution < -0.4 is 21.5 Å². The molecule has 7 N–H and O–H groups in total. The molecule has 1 aliphatic rings. The Morgan fingerprint density at radius 2 is 2.08 bits per heavy atom. The fourth-order valence-corrected chi connectivity index (χ4v) is 4.66. The number of aromatic nitrogens is 2. The topological polar surface area (TPSA) is 246 Å². The fourth-order valence-electron chi connectivity index (χ4n) is 2.94. The number of amides is 2. The molecule has 3 heterocycles. The Morgan fingerprint density at radius 3 is 2.61 bits per heavy atom. The number of β-lactam (4-membered cyclic amide) rings is 1. The zero-order valence-electron chi connectivity index (χ0n) is 19.0. The molecule has 0 unspecified atom stereocenters. The number of ether oxygens (including phenoxy) is 1. The summed E-state index contributed by atoms with van der Waals surface area (Å²) in [4.78, 5) is 39.2. The number of nitrogens with one attached hydrogen (secondary N) is 2. The van der Waals surface area contributed by atoms with Crippen molar-refractivity contribution in [2.45, 2.75) is 32.4 Å². The molecule has 2 amide bonds. The Morgan fingerprint density at radius 1 is 1.39 bits per heavy atom. The molecule has 0 radical (unpaired) electrons. The van der Waals surface area contributed by atoms with Crippen molar-refractivity contribution in [2.75, 3.05) is 18.9 Å². The third-order valence-corrected chi connectivity index (χ3v) is 6.65. The number of amidine groups is 1. The largest absolute Gasteiger partial charge is 0.473 e. The van der Waals surface area contributed by atoms with Crippen LogP contribution in [0.5, 0.6) is 5.88 Å². The lowest BCUT2D eigenvalue weighted by atomic mass is 9.84. The van der Waals surface area contributed by atoms with Gasteiger partial charge in [0.15, 0.2) is 28.3 Å². The maximum absolute atomic E-state index is 12.9. The van der Waals surface area contributed by atoms with Crippen LogP contribution in [0.25, 0.3) is 0 Å². The van der Waals surface area contributed by atoms with Crippen LogP contribution in [0.2, 0.25) is 0 Å². The molecular weight excluding hydrogens is 540 g/mol. The molecule has 1 atom stereocenters. The minimum absolute atomic E-state index is 0.00437. The average Bonchev–Trinajstić information content (AvgIpc) is 3.37. The van der Waals surface area contributed by atoms with E-state index in [-0.39, 0.29) is 41.5 Å². The molecule has 19 heteroatoms. The number of nitrogen functional groups attached to an aromatic ring is 2. The lowest BCUT2D eigenvalue weighted by Gasteiger charge is -2.50. The van der Waals surface area contributed by atoms with Crippen LogP contribution in [-0.2, 0) is 29.1 Å². The summed E-state index contributed by atoms with van der Waals surface area (Å²) in [5, 5.41) is 16.0. The highest BCUT2D eigenvalue weighted by Gasteiger charge is 2.58. The summed E-state index contributed by atoms with van der Waals surface area (Å²) in [5.74, 6) is -1.68. The number of rotatable bonds is 11. The fraction of sp³-hybridized carbons (Fsp3) is 0.412. The number of nitrogens with zero attached hydrogens (tertiary/aromatic N) is 4. The Kier molecular flexibility index (Phi) is 7.79. The zero-order valence-corrected chi connectivity index (χ0v) is 21.5. The zero-order chi connectivity index (χ0) is 26.8. The first-order valence-electron chi connectivity index (χ1n) is 9.88. The lowest BCUT2D eigenvalue weighted by molar-refractivity contribution is -0.218. The normalized spacial score (nSPS) is 17.4. The molecule has 0 saturated carbocycles. The summed E-state index contributed by atoms with van der Waals surface area (Å²) in [6, 6.07) is -1.21. The van der Waals surface area contributed by atoms with Crippen molar-refractivity contribution < 1.29 is 36.4 Å². The van der Waals surface area contributed by atoms with Crippen molar-refractivity contribution in [1.29, 1.82) is 5.41 Å². The number of carbonyl (C=O) groups is 2. The molecule has 196 valence electrons. The van der Waals surface area contributed by atoms with Crippen molar-refractivity contribution in [3.8, 4) is 5.88 Å². The molecule has 0 spiro atoms. The van der Waals surface area contributed by atoms with Crippen LogP contribution in [0.3, 0.4) is 0 Å². The molecule has 0 aromatic carbocycles. The number of oxime groups is 1. The van der Waals surface area contributed by atoms with Gasteiger partial charge < -0.3 is 26.4 Å². The van der Waals surface area contributed by atoms with Crippen LogP contribution in [0.4, 0.5) is 5.13 Å². The van der Waals surface area contributed by atoms with Gasteiger partial charge in [-0.25, -0.2) is 4.98 Å². The van der Waals surface area contributed by atoms with Crippen molar-refractivity contribution in [3.05, 3.63) is 21.0 Å². The summed E-state index contributed by atoms with van der Waals surface area (Å²) in [7, 11) is -4.95. The third kappa shape index (κ3) is 6.05. The first-order chi connectivity index (χ1) is 16.7. The van der Waals surface area contributed by atoms with Crippen LogP contribution in [0.15, 0.2) is 10.5 Å². The van der Waals surface area contributed by atoms with E-state index in [0.29, 0.717) is 14.9 Å². The number of hydroxylamine groups is 2. The van der Waals surface area contributed by atoms with Gasteiger partial charge in [-0.3, -0.25) is 19.6 Å². The second kappa shape index (κ2) is 10.3. The van der Waals surface area contributed by atoms with Gasteiger partial charge in [-0.2, -0.15) is 18.5 Å². The van der Waals surface area contributed by atoms with Crippen LogP contribution in [0.1, 0.15) is 29.4 Å². The number of nitrogens with two attached hydrogens (primary N) is 2. The first kappa shape index (κ1) is 27.2. The molecule has 36 heavy (non-hydrogen) atoms. The van der Waals surface area contributed by atoms with Gasteiger partial charge in [-0.1, -0.05) is 5.16 Å². The van der Waals surface area contributed by atoms with Gasteiger partial charge >= 0.3 is 10.4 Å². The molecule has 2 aromatic rings. The van der Waals surface area contributed by atoms with E-state index in [2.05, 4.69) is 24.7 Å². The molecule has 1 aliphatic heterocycles. The standard InChI is InChI=1S/C17H22N8O8S3/c1-7-13(23-14(35-7)11(18)19)31-4-5-32-24-9(8-6-34-16(20)21-8)12(26)22-10-15(27)25(17(10,2)3)33-36(28,29)30/h6,10H,4-5H2,1-3H3,(H3,18,19)(H2,20,21)(H,22,26)(H,28,29,30)/b24-9-/t10-/m1/s1. The first-order valence-corrected chi connectivity index (χ1v) is 12.9. The van der Waals surface area contributed by atoms with Gasteiger partial charge in [-0.15, -0.1) is 27.0 Å². The van der Waals surface area contributed by atoms with Crippen molar-refractivity contribution in [1.82, 2.24) is 20.3 Å². The highest BCUT2D eigenvalue weighted by atomic mass is 32.3. The van der Waals surface area contributed by atoms with E-state index in [1.165, 1.54) is 30.6 Å². The molecule has 1 saturated heterocycles. The van der Waals surface area contributed by atoms with Gasteiger partial charge in [0, 0.05) is 5.38 Å². The smallest absolute Gasteiger partial charge is 0.418 e. The summed E-state index contributed by atoms with van der Waals surface area (Å²) in [6.45, 7) is 4.46. The lowest BCUT2D eigenvalue weighted by Crippen LogP contribution is -2.76. The van der Waals surface area contributed by atoms with Gasteiger partial charge in [0.05, 0.1) is 10.4 Å². The van der Waals surface area contributed by atoms with E-state index in [1.54, 1.807) is 6.92 Å². The summed E-state index contributed by atoms with van der Waals surface area (Å²) >= 11 is 2.24. The SMILES string of the molecule is Cc1sc(C(=N)N)nc1OCCO/N=C(\C(=O)N[C@@H]1C(=O)N(OS(=O)(=O)O)C1(C)C)c1csc(N)n1. The highest BCUT2D eigenvalue weighted by Crippen LogP contribution is 2.33. The monoisotopic (exact) mass is 562 g/mol. The number of thiazole rings is 2. The van der Waals surface area contributed by atoms with Crippen LogP contribution in [0, 0.1) is 12.3 Å². The molecule has 1 fully saturated rings.